The molecular formula is C27H31ClN4OS. The standard InChI is InChI=1S/C27H31ClN4OS/c1-17-15-21(18(2)31(17)19-9-5-4-6-10-19)26-25(23-11-7-8-14-29-23)30-27(34)32(26)20-12-13-24(33-3)22(28)16-20/h7-8,11-16,19,25-26H,4-6,9-10H2,1-3H3,(H,30,34)/t25-,26-/m0/s1. The van der Waals surface area contributed by atoms with Crippen LogP contribution in [0.1, 0.15) is 72.9 Å². The summed E-state index contributed by atoms with van der Waals surface area (Å²) >= 11 is 12.4. The van der Waals surface area contributed by atoms with Gasteiger partial charge in [0.1, 0.15) is 5.75 Å². The molecule has 0 unspecified atom stereocenters. The fraction of sp³-hybridized carbons (Fsp3) is 0.407. The molecule has 0 amide bonds. The minimum absolute atomic E-state index is 0.0459. The number of aryl methyl sites for hydroxylation is 1. The van der Waals surface area contributed by atoms with Crippen LogP contribution >= 0.6 is 23.8 Å². The average molecular weight is 495 g/mol. The molecule has 0 spiro atoms. The number of anilines is 1. The van der Waals surface area contributed by atoms with Crippen molar-refractivity contribution in [3.05, 3.63) is 76.3 Å². The molecule has 2 aromatic heterocycles. The largest absolute Gasteiger partial charge is 0.495 e. The average Bonchev–Trinajstić information content (AvgIpc) is 3.35. The molecule has 5 nitrogen and oxygen atoms in total. The molecule has 1 saturated carbocycles. The van der Waals surface area contributed by atoms with E-state index in [0.29, 0.717) is 21.9 Å². The number of hydrogen-bond donors (Lipinski definition) is 1. The molecule has 7 heteroatoms. The number of hydrogen-bond acceptors (Lipinski definition) is 3. The third kappa shape index (κ3) is 4.07. The van der Waals surface area contributed by atoms with E-state index in [0.717, 1.165) is 11.4 Å². The number of pyridine rings is 1. The topological polar surface area (TPSA) is 42.3 Å². The van der Waals surface area contributed by atoms with E-state index in [4.69, 9.17) is 33.5 Å². The van der Waals surface area contributed by atoms with Crippen LogP contribution < -0.4 is 15.0 Å². The van der Waals surface area contributed by atoms with Crippen molar-refractivity contribution in [2.45, 2.75) is 64.1 Å². The maximum Gasteiger partial charge on any atom is 0.174 e. The number of halogens is 1. The predicted octanol–water partition coefficient (Wildman–Crippen LogP) is 6.84. The van der Waals surface area contributed by atoms with Crippen molar-refractivity contribution in [1.82, 2.24) is 14.9 Å². The van der Waals surface area contributed by atoms with Gasteiger partial charge in [0.25, 0.3) is 0 Å². The maximum atomic E-state index is 6.53. The van der Waals surface area contributed by atoms with Crippen LogP contribution in [0.5, 0.6) is 5.75 Å². The fourth-order valence-corrected chi connectivity index (χ4v) is 6.36. The van der Waals surface area contributed by atoms with E-state index in [1.54, 1.807) is 7.11 Å². The van der Waals surface area contributed by atoms with E-state index in [1.165, 1.54) is 49.1 Å². The van der Waals surface area contributed by atoms with Gasteiger partial charge >= 0.3 is 0 Å². The van der Waals surface area contributed by atoms with Crippen molar-refractivity contribution in [2.75, 3.05) is 12.0 Å². The molecule has 2 fully saturated rings. The number of methoxy groups -OCH3 is 1. The lowest BCUT2D eigenvalue weighted by molar-refractivity contribution is 0.345. The van der Waals surface area contributed by atoms with E-state index in [9.17, 15) is 0 Å². The highest BCUT2D eigenvalue weighted by atomic mass is 35.5. The van der Waals surface area contributed by atoms with Gasteiger partial charge in [0.05, 0.1) is 29.9 Å². The van der Waals surface area contributed by atoms with Gasteiger partial charge in [-0.05, 0) is 80.9 Å². The van der Waals surface area contributed by atoms with Crippen molar-refractivity contribution in [1.29, 1.82) is 0 Å². The lowest BCUT2D eigenvalue weighted by Crippen LogP contribution is -2.29. The molecule has 2 aliphatic rings. The minimum atomic E-state index is -0.0742. The molecule has 0 radical (unpaired) electrons. The van der Waals surface area contributed by atoms with Crippen LogP contribution in [0.2, 0.25) is 5.02 Å². The second-order valence-corrected chi connectivity index (χ2v) is 10.1. The molecule has 5 rings (SSSR count). The molecule has 3 heterocycles. The van der Waals surface area contributed by atoms with Crippen LogP contribution in [0.25, 0.3) is 0 Å². The van der Waals surface area contributed by atoms with Crippen LogP contribution in [0, 0.1) is 13.8 Å². The third-order valence-electron chi connectivity index (χ3n) is 7.29. The van der Waals surface area contributed by atoms with Crippen LogP contribution in [-0.2, 0) is 0 Å². The number of nitrogens with one attached hydrogen (secondary N) is 1. The Morgan fingerprint density at radius 3 is 2.56 bits per heavy atom. The highest BCUT2D eigenvalue weighted by molar-refractivity contribution is 7.80. The first-order chi connectivity index (χ1) is 16.5. The van der Waals surface area contributed by atoms with E-state index in [2.05, 4.69) is 40.8 Å². The normalized spacial score (nSPS) is 21.1. The first-order valence-corrected chi connectivity index (χ1v) is 12.8. The maximum absolute atomic E-state index is 6.53. The van der Waals surface area contributed by atoms with E-state index < -0.39 is 0 Å². The Hall–Kier alpha value is -2.57. The Kier molecular flexibility index (Phi) is 6.54. The molecule has 1 saturated heterocycles. The summed E-state index contributed by atoms with van der Waals surface area (Å²) in [6.07, 6.45) is 8.29. The van der Waals surface area contributed by atoms with Crippen molar-refractivity contribution in [3.8, 4) is 5.75 Å². The number of nitrogens with zero attached hydrogens (tertiary/aromatic N) is 3. The Morgan fingerprint density at radius 2 is 1.88 bits per heavy atom. The fourth-order valence-electron chi connectivity index (χ4n) is 5.76. The highest BCUT2D eigenvalue weighted by Gasteiger charge is 2.42. The van der Waals surface area contributed by atoms with Gasteiger partial charge in [0, 0.05) is 29.3 Å². The molecule has 34 heavy (non-hydrogen) atoms. The molecule has 1 aromatic carbocycles. The number of ether oxygens (including phenoxy) is 1. The Labute approximate surface area is 212 Å². The number of benzene rings is 1. The van der Waals surface area contributed by atoms with Gasteiger partial charge in [0.15, 0.2) is 5.11 Å². The molecule has 2 atom stereocenters. The summed E-state index contributed by atoms with van der Waals surface area (Å²) in [6.45, 7) is 4.49. The van der Waals surface area contributed by atoms with Gasteiger partial charge in [0.2, 0.25) is 0 Å². The van der Waals surface area contributed by atoms with E-state index in [-0.39, 0.29) is 12.1 Å². The van der Waals surface area contributed by atoms with Crippen LogP contribution in [0.3, 0.4) is 0 Å². The quantitative estimate of drug-likeness (QED) is 0.393. The summed E-state index contributed by atoms with van der Waals surface area (Å²) in [7, 11) is 1.63. The molecular weight excluding hydrogens is 464 g/mol. The van der Waals surface area contributed by atoms with Crippen LogP contribution in [-0.4, -0.2) is 21.8 Å². The second-order valence-electron chi connectivity index (χ2n) is 9.30. The summed E-state index contributed by atoms with van der Waals surface area (Å²) in [5, 5.41) is 4.80. The molecule has 1 aliphatic carbocycles. The summed E-state index contributed by atoms with van der Waals surface area (Å²) in [5.41, 5.74) is 5.81. The monoisotopic (exact) mass is 494 g/mol. The molecule has 0 bridgehead atoms. The van der Waals surface area contributed by atoms with E-state index >= 15 is 0 Å². The smallest absolute Gasteiger partial charge is 0.174 e. The second kappa shape index (κ2) is 9.59. The van der Waals surface area contributed by atoms with Gasteiger partial charge in [-0.15, -0.1) is 0 Å². The zero-order chi connectivity index (χ0) is 23.8. The summed E-state index contributed by atoms with van der Waals surface area (Å²) in [6, 6.07) is 14.7. The van der Waals surface area contributed by atoms with Crippen molar-refractivity contribution >= 4 is 34.6 Å². The Morgan fingerprint density at radius 1 is 1.09 bits per heavy atom. The first-order valence-electron chi connectivity index (χ1n) is 12.0. The lowest BCUT2D eigenvalue weighted by Gasteiger charge is -2.30. The minimum Gasteiger partial charge on any atom is -0.495 e. The Bertz CT molecular complexity index is 1190. The number of rotatable bonds is 5. The zero-order valence-corrected chi connectivity index (χ0v) is 21.5. The van der Waals surface area contributed by atoms with Crippen LogP contribution in [0.15, 0.2) is 48.7 Å². The van der Waals surface area contributed by atoms with Gasteiger partial charge in [-0.25, -0.2) is 0 Å². The Balaban J connectivity index is 1.63. The van der Waals surface area contributed by atoms with Gasteiger partial charge in [-0.2, -0.15) is 0 Å². The zero-order valence-electron chi connectivity index (χ0n) is 19.9. The van der Waals surface area contributed by atoms with Crippen molar-refractivity contribution < 1.29 is 4.74 Å². The molecule has 3 aromatic rings. The number of thiocarbonyl (C=S) groups is 1. The van der Waals surface area contributed by atoms with Crippen LogP contribution in [0.4, 0.5) is 5.69 Å². The van der Waals surface area contributed by atoms with Gasteiger partial charge in [-0.3, -0.25) is 4.98 Å². The molecule has 178 valence electrons. The number of aromatic nitrogens is 2. The summed E-state index contributed by atoms with van der Waals surface area (Å²) in [5.74, 6) is 0.650. The van der Waals surface area contributed by atoms with Crippen molar-refractivity contribution in [3.63, 3.8) is 0 Å². The first kappa shape index (κ1) is 23.2. The van der Waals surface area contributed by atoms with Crippen molar-refractivity contribution in [2.24, 2.45) is 0 Å². The predicted molar refractivity (Wildman–Crippen MR) is 142 cm³/mol. The molecule has 1 N–H and O–H groups in total. The SMILES string of the molecule is COc1ccc(N2C(=S)N[C@@H](c3ccccn3)[C@@H]2c2cc(C)n(C3CCCCC3)c2C)cc1Cl. The molecule has 1 aliphatic heterocycles. The highest BCUT2D eigenvalue weighted by Crippen LogP contribution is 2.45. The van der Waals surface area contributed by atoms with E-state index in [1.807, 2.05) is 36.5 Å². The van der Waals surface area contributed by atoms with Gasteiger partial charge in [-0.1, -0.05) is 36.9 Å². The summed E-state index contributed by atoms with van der Waals surface area (Å²) in [4.78, 5) is 6.88. The third-order valence-corrected chi connectivity index (χ3v) is 7.90. The lowest BCUT2D eigenvalue weighted by atomic mass is 9.94. The van der Waals surface area contributed by atoms with Gasteiger partial charge < -0.3 is 19.5 Å². The summed E-state index contributed by atoms with van der Waals surface area (Å²) < 4.78 is 7.94.